The topological polar surface area (TPSA) is 95.6 Å². The van der Waals surface area contributed by atoms with Crippen LogP contribution in [-0.4, -0.2) is 40.9 Å². The summed E-state index contributed by atoms with van der Waals surface area (Å²) in [5.41, 5.74) is 4.74. The van der Waals surface area contributed by atoms with Gasteiger partial charge in [0.05, 0.1) is 18.8 Å². The van der Waals surface area contributed by atoms with E-state index in [1.165, 1.54) is 0 Å². The molecule has 0 radical (unpaired) electrons. The van der Waals surface area contributed by atoms with Gasteiger partial charge in [0.2, 0.25) is 5.91 Å². The first-order valence-corrected chi connectivity index (χ1v) is 5.43. The Morgan fingerprint density at radius 3 is 2.00 bits per heavy atom. The summed E-state index contributed by atoms with van der Waals surface area (Å²) in [5, 5.41) is 20.6. The zero-order valence-corrected chi connectivity index (χ0v) is 10.6. The largest absolute Gasteiger partial charge is 0.394 e. The molecule has 0 aliphatic heterocycles. The third-order valence-corrected chi connectivity index (χ3v) is 2.66. The van der Waals surface area contributed by atoms with Crippen molar-refractivity contribution in [1.29, 1.82) is 0 Å². The van der Waals surface area contributed by atoms with Crippen LogP contribution in [0.15, 0.2) is 0 Å². The summed E-state index contributed by atoms with van der Waals surface area (Å²) >= 11 is 0. The van der Waals surface area contributed by atoms with E-state index in [4.69, 9.17) is 15.9 Å². The van der Waals surface area contributed by atoms with Crippen molar-refractivity contribution in [2.75, 3.05) is 13.2 Å². The van der Waals surface area contributed by atoms with Crippen molar-refractivity contribution in [2.45, 2.75) is 45.7 Å². The van der Waals surface area contributed by atoms with Gasteiger partial charge in [0.1, 0.15) is 0 Å². The molecule has 0 aromatic heterocycles. The van der Waals surface area contributed by atoms with Crippen molar-refractivity contribution in [3.05, 3.63) is 0 Å². The fourth-order valence-electron chi connectivity index (χ4n) is 1.02. The molecule has 0 fully saturated rings. The molecule has 0 aromatic carbocycles. The van der Waals surface area contributed by atoms with E-state index >= 15 is 0 Å². The Bertz CT molecular complexity index is 232. The third-order valence-electron chi connectivity index (χ3n) is 2.66. The summed E-state index contributed by atoms with van der Waals surface area (Å²) in [4.78, 5) is 11.6. The van der Waals surface area contributed by atoms with E-state index in [2.05, 4.69) is 5.32 Å². The smallest absolute Gasteiger partial charge is 0.222 e. The standard InChI is InChI=1S/C11H24N2O3/c1-10(2,3)8(12)5-9(16)13-11(4,6-14)7-15/h8,14-15H,5-7,12H2,1-4H3,(H,13,16). The quantitative estimate of drug-likeness (QED) is 0.519. The van der Waals surface area contributed by atoms with Gasteiger partial charge in [0, 0.05) is 12.5 Å². The SMILES string of the molecule is CC(CO)(CO)NC(=O)CC(N)C(C)(C)C. The highest BCUT2D eigenvalue weighted by molar-refractivity contribution is 5.77. The Morgan fingerprint density at radius 1 is 1.25 bits per heavy atom. The number of carbonyl (C=O) groups is 1. The molecule has 0 aromatic rings. The van der Waals surface area contributed by atoms with E-state index in [0.29, 0.717) is 0 Å². The Balaban J connectivity index is 4.29. The Kier molecular flexibility index (Phi) is 5.38. The number of hydrogen-bond acceptors (Lipinski definition) is 4. The number of aliphatic hydroxyl groups is 2. The second-order valence-corrected chi connectivity index (χ2v) is 5.60. The first-order valence-electron chi connectivity index (χ1n) is 5.43. The van der Waals surface area contributed by atoms with Crippen molar-refractivity contribution in [2.24, 2.45) is 11.1 Å². The van der Waals surface area contributed by atoms with E-state index < -0.39 is 5.54 Å². The molecule has 0 rings (SSSR count). The Hall–Kier alpha value is -0.650. The number of aliphatic hydroxyl groups excluding tert-OH is 2. The summed E-state index contributed by atoms with van der Waals surface area (Å²) < 4.78 is 0. The zero-order chi connectivity index (χ0) is 13.0. The van der Waals surface area contributed by atoms with Gasteiger partial charge in [-0.2, -0.15) is 0 Å². The molecular weight excluding hydrogens is 208 g/mol. The molecule has 1 unspecified atom stereocenters. The molecule has 0 heterocycles. The molecule has 0 spiro atoms. The maximum atomic E-state index is 11.6. The van der Waals surface area contributed by atoms with E-state index in [9.17, 15) is 4.79 Å². The first-order chi connectivity index (χ1) is 7.14. The van der Waals surface area contributed by atoms with E-state index in [1.807, 2.05) is 20.8 Å². The lowest BCUT2D eigenvalue weighted by Gasteiger charge is -2.30. The minimum atomic E-state index is -0.977. The number of hydrogen-bond donors (Lipinski definition) is 4. The van der Waals surface area contributed by atoms with Gasteiger partial charge in [-0.25, -0.2) is 0 Å². The predicted molar refractivity (Wildman–Crippen MR) is 62.8 cm³/mol. The van der Waals surface area contributed by atoms with Crippen LogP contribution in [0.2, 0.25) is 0 Å². The maximum absolute atomic E-state index is 11.6. The van der Waals surface area contributed by atoms with Crippen molar-refractivity contribution >= 4 is 5.91 Å². The second kappa shape index (κ2) is 5.61. The van der Waals surface area contributed by atoms with Crippen LogP contribution in [0.5, 0.6) is 0 Å². The summed E-state index contributed by atoms with van der Waals surface area (Å²) in [6, 6.07) is -0.255. The minimum Gasteiger partial charge on any atom is -0.394 e. The average Bonchev–Trinajstić information content (AvgIpc) is 2.15. The summed E-state index contributed by atoms with van der Waals surface area (Å²) in [6.07, 6.45) is 0.180. The number of rotatable bonds is 5. The molecule has 0 saturated carbocycles. The van der Waals surface area contributed by atoms with Crippen molar-refractivity contribution in [3.8, 4) is 0 Å². The van der Waals surface area contributed by atoms with Crippen LogP contribution in [0.4, 0.5) is 0 Å². The van der Waals surface area contributed by atoms with E-state index in [0.717, 1.165) is 0 Å². The summed E-state index contributed by atoms with van der Waals surface area (Å²) in [5.74, 6) is -0.256. The van der Waals surface area contributed by atoms with E-state index in [1.54, 1.807) is 6.92 Å². The van der Waals surface area contributed by atoms with Crippen molar-refractivity contribution < 1.29 is 15.0 Å². The Morgan fingerprint density at radius 2 is 1.69 bits per heavy atom. The normalized spacial score (nSPS) is 14.7. The number of carbonyl (C=O) groups excluding carboxylic acids is 1. The van der Waals surface area contributed by atoms with Crippen LogP contribution in [-0.2, 0) is 4.79 Å². The molecule has 1 amide bonds. The van der Waals surface area contributed by atoms with Gasteiger partial charge in [-0.1, -0.05) is 20.8 Å². The highest BCUT2D eigenvalue weighted by Gasteiger charge is 2.28. The van der Waals surface area contributed by atoms with Gasteiger partial charge in [-0.3, -0.25) is 4.79 Å². The highest BCUT2D eigenvalue weighted by Crippen LogP contribution is 2.19. The second-order valence-electron chi connectivity index (χ2n) is 5.60. The third kappa shape index (κ3) is 4.92. The molecule has 0 bridgehead atoms. The predicted octanol–water partition coefficient (Wildman–Crippen LogP) is -0.391. The zero-order valence-electron chi connectivity index (χ0n) is 10.6. The fraction of sp³-hybridized carbons (Fsp3) is 0.909. The van der Waals surface area contributed by atoms with Gasteiger partial charge < -0.3 is 21.3 Å². The lowest BCUT2D eigenvalue weighted by Crippen LogP contribution is -2.53. The van der Waals surface area contributed by atoms with Gasteiger partial charge in [-0.05, 0) is 12.3 Å². The van der Waals surface area contributed by atoms with Gasteiger partial charge in [0.15, 0.2) is 0 Å². The van der Waals surface area contributed by atoms with Crippen LogP contribution < -0.4 is 11.1 Å². The van der Waals surface area contributed by atoms with Crippen molar-refractivity contribution in [3.63, 3.8) is 0 Å². The van der Waals surface area contributed by atoms with Gasteiger partial charge in [-0.15, -0.1) is 0 Å². The van der Waals surface area contributed by atoms with Gasteiger partial charge in [0.25, 0.3) is 0 Å². The fourth-order valence-corrected chi connectivity index (χ4v) is 1.02. The molecule has 0 aliphatic carbocycles. The highest BCUT2D eigenvalue weighted by atomic mass is 16.3. The van der Waals surface area contributed by atoms with Crippen LogP contribution >= 0.6 is 0 Å². The average molecular weight is 232 g/mol. The van der Waals surface area contributed by atoms with Crippen LogP contribution in [0, 0.1) is 5.41 Å². The van der Waals surface area contributed by atoms with Crippen LogP contribution in [0.1, 0.15) is 34.1 Å². The monoisotopic (exact) mass is 232 g/mol. The van der Waals surface area contributed by atoms with Crippen molar-refractivity contribution in [1.82, 2.24) is 5.32 Å². The molecule has 16 heavy (non-hydrogen) atoms. The summed E-state index contributed by atoms with van der Waals surface area (Å²) in [7, 11) is 0. The lowest BCUT2D eigenvalue weighted by molar-refractivity contribution is -0.124. The van der Waals surface area contributed by atoms with Gasteiger partial charge >= 0.3 is 0 Å². The molecular formula is C11H24N2O3. The number of amides is 1. The molecule has 1 atom stereocenters. The first kappa shape index (κ1) is 15.3. The molecule has 5 N–H and O–H groups in total. The van der Waals surface area contributed by atoms with E-state index in [-0.39, 0.29) is 37.0 Å². The number of nitrogens with two attached hydrogens (primary N) is 1. The molecule has 5 nitrogen and oxygen atoms in total. The van der Waals surface area contributed by atoms with Crippen LogP contribution in [0.3, 0.4) is 0 Å². The molecule has 0 saturated heterocycles. The minimum absolute atomic E-state index is 0.147. The lowest BCUT2D eigenvalue weighted by atomic mass is 9.85. The molecule has 96 valence electrons. The molecule has 0 aliphatic rings. The maximum Gasteiger partial charge on any atom is 0.222 e. The summed E-state index contributed by atoms with van der Waals surface area (Å²) in [6.45, 7) is 6.85. The number of nitrogens with one attached hydrogen (secondary N) is 1. The molecule has 5 heteroatoms. The Labute approximate surface area is 97.0 Å². The van der Waals surface area contributed by atoms with Crippen LogP contribution in [0.25, 0.3) is 0 Å².